The molecule has 0 aliphatic heterocycles. The van der Waals surface area contributed by atoms with Crippen LogP contribution in [0.5, 0.6) is 0 Å². The molecule has 0 aliphatic carbocycles. The lowest BCUT2D eigenvalue weighted by Gasteiger charge is -2.16. The number of rotatable bonds is 4. The molecule has 140 valence electrons. The summed E-state index contributed by atoms with van der Waals surface area (Å²) >= 11 is 0. The number of hydrogen-bond acceptors (Lipinski definition) is 4. The van der Waals surface area contributed by atoms with Crippen molar-refractivity contribution in [2.75, 3.05) is 24.3 Å². The zero-order chi connectivity index (χ0) is 19.7. The van der Waals surface area contributed by atoms with Gasteiger partial charge in [0.2, 0.25) is 5.91 Å². The van der Waals surface area contributed by atoms with E-state index in [1.165, 1.54) is 31.1 Å². The van der Waals surface area contributed by atoms with E-state index in [9.17, 15) is 23.2 Å². The molecule has 0 fully saturated rings. The maximum absolute atomic E-state index is 14.0. The molecule has 7 nitrogen and oxygen atoms in total. The van der Waals surface area contributed by atoms with Gasteiger partial charge >= 0.3 is 0 Å². The van der Waals surface area contributed by atoms with Crippen molar-refractivity contribution < 1.29 is 13.6 Å². The van der Waals surface area contributed by atoms with E-state index < -0.39 is 35.2 Å². The fraction of sp³-hybridized carbons (Fsp3) is 0.167. The molecule has 0 unspecified atom stereocenters. The van der Waals surface area contributed by atoms with Crippen molar-refractivity contribution in [3.63, 3.8) is 0 Å². The van der Waals surface area contributed by atoms with Gasteiger partial charge in [0, 0.05) is 19.8 Å². The van der Waals surface area contributed by atoms with Crippen LogP contribution < -0.4 is 21.3 Å². The number of benzene rings is 2. The molecule has 0 aliphatic rings. The van der Waals surface area contributed by atoms with Gasteiger partial charge in [-0.25, -0.2) is 13.5 Å². The van der Waals surface area contributed by atoms with Crippen LogP contribution in [0.15, 0.2) is 46.0 Å². The summed E-state index contributed by atoms with van der Waals surface area (Å²) < 4.78 is 28.8. The van der Waals surface area contributed by atoms with Crippen LogP contribution in [0.2, 0.25) is 0 Å². The first kappa shape index (κ1) is 18.3. The number of H-pyrrole nitrogens is 1. The Morgan fingerprint density at radius 2 is 1.70 bits per heavy atom. The molecule has 0 saturated carbocycles. The maximum atomic E-state index is 14.0. The van der Waals surface area contributed by atoms with Crippen LogP contribution >= 0.6 is 0 Å². The molecule has 0 bridgehead atoms. The Morgan fingerprint density at radius 3 is 2.30 bits per heavy atom. The van der Waals surface area contributed by atoms with Crippen LogP contribution in [0.4, 0.5) is 20.2 Å². The Morgan fingerprint density at radius 1 is 1.11 bits per heavy atom. The Labute approximate surface area is 151 Å². The van der Waals surface area contributed by atoms with E-state index in [0.717, 1.165) is 16.8 Å². The Balaban J connectivity index is 1.87. The Bertz CT molecular complexity index is 1130. The van der Waals surface area contributed by atoms with E-state index in [2.05, 4.69) is 10.4 Å². The summed E-state index contributed by atoms with van der Waals surface area (Å²) in [4.78, 5) is 37.9. The highest BCUT2D eigenvalue weighted by molar-refractivity contribution is 5.91. The van der Waals surface area contributed by atoms with Crippen molar-refractivity contribution in [1.29, 1.82) is 0 Å². The summed E-state index contributed by atoms with van der Waals surface area (Å²) in [6.07, 6.45) is 0. The topological polar surface area (TPSA) is 87.2 Å². The number of aromatic amines is 1. The van der Waals surface area contributed by atoms with E-state index in [0.29, 0.717) is 0 Å². The molecular formula is C18H16F2N4O3. The number of carbonyl (C=O) groups excluding carboxylic acids is 1. The summed E-state index contributed by atoms with van der Waals surface area (Å²) in [6.45, 7) is -0.516. The van der Waals surface area contributed by atoms with Gasteiger partial charge in [-0.05, 0) is 24.3 Å². The smallest absolute Gasteiger partial charge is 0.273 e. The van der Waals surface area contributed by atoms with E-state index in [1.807, 2.05) is 0 Å². The minimum atomic E-state index is -0.841. The molecular weight excluding hydrogens is 358 g/mol. The van der Waals surface area contributed by atoms with Gasteiger partial charge in [0.1, 0.15) is 12.2 Å². The Kier molecular flexibility index (Phi) is 4.76. The highest BCUT2D eigenvalue weighted by Gasteiger charge is 2.15. The molecule has 3 aromatic rings. The predicted octanol–water partition coefficient (Wildman–Crippen LogP) is 1.67. The third-order valence-electron chi connectivity index (χ3n) is 3.93. The molecule has 9 heteroatoms. The first-order valence-electron chi connectivity index (χ1n) is 7.96. The summed E-state index contributed by atoms with van der Waals surface area (Å²) in [5, 5.41) is 5.01. The monoisotopic (exact) mass is 374 g/mol. The highest BCUT2D eigenvalue weighted by Crippen LogP contribution is 2.25. The molecule has 27 heavy (non-hydrogen) atoms. The number of nitrogens with zero attached hydrogens (tertiary/aromatic N) is 2. The number of amides is 1. The van der Waals surface area contributed by atoms with Crippen LogP contribution in [-0.2, 0) is 11.3 Å². The van der Waals surface area contributed by atoms with Crippen molar-refractivity contribution in [3.8, 4) is 0 Å². The van der Waals surface area contributed by atoms with Gasteiger partial charge in [-0.15, -0.1) is 0 Å². The van der Waals surface area contributed by atoms with Crippen molar-refractivity contribution in [2.45, 2.75) is 6.54 Å². The SMILES string of the molecule is CN(C)c1c(F)cc(NC(=O)Cn2[nH]c(=O)c3ccccc3c2=O)cc1F. The third kappa shape index (κ3) is 3.57. The van der Waals surface area contributed by atoms with Crippen LogP contribution in [0.3, 0.4) is 0 Å². The van der Waals surface area contributed by atoms with Crippen molar-refractivity contribution >= 4 is 28.1 Å². The van der Waals surface area contributed by atoms with E-state index >= 15 is 0 Å². The number of carbonyl (C=O) groups is 1. The minimum Gasteiger partial charge on any atom is -0.373 e. The summed E-state index contributed by atoms with van der Waals surface area (Å²) in [7, 11) is 2.98. The second kappa shape index (κ2) is 7.02. The number of anilines is 2. The van der Waals surface area contributed by atoms with Crippen LogP contribution in [-0.4, -0.2) is 29.8 Å². The molecule has 0 atom stereocenters. The first-order chi connectivity index (χ1) is 12.8. The van der Waals surface area contributed by atoms with Crippen molar-refractivity contribution in [2.24, 2.45) is 0 Å². The standard InChI is InChI=1S/C18H16F2N4O3/c1-23(2)16-13(19)7-10(8-14(16)20)21-15(25)9-24-18(27)12-6-4-3-5-11(12)17(26)22-24/h3-8H,9H2,1-2H3,(H,21,25)(H,22,26). The molecule has 1 amide bonds. The lowest BCUT2D eigenvalue weighted by atomic mass is 10.2. The quantitative estimate of drug-likeness (QED) is 0.727. The normalized spacial score (nSPS) is 10.8. The second-order valence-electron chi connectivity index (χ2n) is 6.11. The van der Waals surface area contributed by atoms with E-state index in [4.69, 9.17) is 0 Å². The number of fused-ring (bicyclic) bond motifs is 1. The molecule has 0 radical (unpaired) electrons. The third-order valence-corrected chi connectivity index (χ3v) is 3.93. The first-order valence-corrected chi connectivity index (χ1v) is 7.96. The number of nitrogens with one attached hydrogen (secondary N) is 2. The molecule has 1 aromatic heterocycles. The van der Waals surface area contributed by atoms with Gasteiger partial charge in [-0.1, -0.05) is 12.1 Å². The molecule has 0 spiro atoms. The zero-order valence-electron chi connectivity index (χ0n) is 14.5. The predicted molar refractivity (Wildman–Crippen MR) is 98.1 cm³/mol. The second-order valence-corrected chi connectivity index (χ2v) is 6.11. The Hall–Kier alpha value is -3.49. The fourth-order valence-electron chi connectivity index (χ4n) is 2.77. The van der Waals surface area contributed by atoms with Crippen LogP contribution in [0.25, 0.3) is 10.8 Å². The van der Waals surface area contributed by atoms with Gasteiger partial charge in [0.15, 0.2) is 11.6 Å². The van der Waals surface area contributed by atoms with Gasteiger partial charge in [0.05, 0.1) is 10.8 Å². The number of aromatic nitrogens is 2. The number of hydrogen-bond donors (Lipinski definition) is 2. The fourth-order valence-corrected chi connectivity index (χ4v) is 2.77. The van der Waals surface area contributed by atoms with E-state index in [-0.39, 0.29) is 22.1 Å². The summed E-state index contributed by atoms with van der Waals surface area (Å²) in [5.74, 6) is -2.41. The lowest BCUT2D eigenvalue weighted by Crippen LogP contribution is -2.34. The molecule has 3 rings (SSSR count). The average molecular weight is 374 g/mol. The summed E-state index contributed by atoms with van der Waals surface area (Å²) in [5.41, 5.74) is -1.41. The molecule has 1 heterocycles. The van der Waals surface area contributed by atoms with Crippen molar-refractivity contribution in [3.05, 3.63) is 68.7 Å². The minimum absolute atomic E-state index is 0.100. The highest BCUT2D eigenvalue weighted by atomic mass is 19.1. The molecule has 2 N–H and O–H groups in total. The van der Waals surface area contributed by atoms with E-state index in [1.54, 1.807) is 12.1 Å². The van der Waals surface area contributed by atoms with Crippen LogP contribution in [0, 0.1) is 11.6 Å². The largest absolute Gasteiger partial charge is 0.373 e. The molecule has 2 aromatic carbocycles. The molecule has 0 saturated heterocycles. The average Bonchev–Trinajstić information content (AvgIpc) is 2.58. The van der Waals surface area contributed by atoms with Crippen LogP contribution in [0.1, 0.15) is 0 Å². The van der Waals surface area contributed by atoms with Gasteiger partial charge in [-0.3, -0.25) is 19.5 Å². The maximum Gasteiger partial charge on any atom is 0.273 e. The lowest BCUT2D eigenvalue weighted by molar-refractivity contribution is -0.117. The van der Waals surface area contributed by atoms with Gasteiger partial charge < -0.3 is 10.2 Å². The van der Waals surface area contributed by atoms with Gasteiger partial charge in [-0.2, -0.15) is 0 Å². The zero-order valence-corrected chi connectivity index (χ0v) is 14.5. The van der Waals surface area contributed by atoms with Gasteiger partial charge in [0.25, 0.3) is 11.1 Å². The number of halogens is 2. The summed E-state index contributed by atoms with van der Waals surface area (Å²) in [6, 6.07) is 8.15. The van der Waals surface area contributed by atoms with Crippen molar-refractivity contribution in [1.82, 2.24) is 9.78 Å².